The first-order valence-corrected chi connectivity index (χ1v) is 17.0. The Labute approximate surface area is 258 Å². The van der Waals surface area contributed by atoms with Crippen LogP contribution in [0.15, 0.2) is 36.4 Å². The molecule has 44 heavy (non-hydrogen) atoms. The summed E-state index contributed by atoms with van der Waals surface area (Å²) in [5, 5.41) is 1.06. The van der Waals surface area contributed by atoms with Gasteiger partial charge in [0.05, 0.1) is 31.4 Å². The minimum absolute atomic E-state index is 0.0498. The highest BCUT2D eigenvalue weighted by Gasteiger charge is 2.64. The minimum atomic E-state index is -3.96. The number of hydrogen-bond donors (Lipinski definition) is 1. The van der Waals surface area contributed by atoms with Crippen LogP contribution < -0.4 is 9.46 Å². The fraction of sp³-hybridized carbons (Fsp3) is 0.515. The fourth-order valence-electron chi connectivity index (χ4n) is 7.77. The fourth-order valence-corrected chi connectivity index (χ4v) is 8.31. The van der Waals surface area contributed by atoms with Crippen molar-refractivity contribution in [1.29, 1.82) is 0 Å². The summed E-state index contributed by atoms with van der Waals surface area (Å²) in [5.74, 6) is 0.644. The van der Waals surface area contributed by atoms with Gasteiger partial charge in [0.1, 0.15) is 5.75 Å². The summed E-state index contributed by atoms with van der Waals surface area (Å²) in [6.45, 7) is 2.72. The number of methoxy groups -OCH3 is 1. The van der Waals surface area contributed by atoms with Gasteiger partial charge < -0.3 is 18.9 Å². The number of nitrogens with one attached hydrogen (secondary N) is 1. The maximum absolute atomic E-state index is 14.4. The minimum Gasteiger partial charge on any atom is -0.497 e. The molecule has 4 aliphatic rings. The van der Waals surface area contributed by atoms with Crippen LogP contribution in [0.3, 0.4) is 0 Å². The molecule has 3 fully saturated rings. The number of amides is 2. The quantitative estimate of drug-likeness (QED) is 0.442. The number of fused-ring (bicyclic) bond motifs is 7. The van der Waals surface area contributed by atoms with E-state index in [-0.39, 0.29) is 17.4 Å². The van der Waals surface area contributed by atoms with Gasteiger partial charge in [0.25, 0.3) is 5.91 Å². The van der Waals surface area contributed by atoms with Crippen molar-refractivity contribution in [3.63, 3.8) is 0 Å². The van der Waals surface area contributed by atoms with Crippen LogP contribution in [0.4, 0.5) is 0 Å². The molecule has 2 aliphatic carbocycles. The van der Waals surface area contributed by atoms with Crippen LogP contribution in [0.2, 0.25) is 0 Å². The summed E-state index contributed by atoms with van der Waals surface area (Å²) in [6, 6.07) is 11.7. The molecule has 11 heteroatoms. The molecule has 2 atom stereocenters. The smallest absolute Gasteiger partial charge is 0.303 e. The van der Waals surface area contributed by atoms with E-state index in [1.54, 1.807) is 13.2 Å². The number of carbonyl (C=O) groups is 2. The van der Waals surface area contributed by atoms with Gasteiger partial charge in [-0.2, -0.15) is 12.7 Å². The third kappa shape index (κ3) is 4.71. The van der Waals surface area contributed by atoms with Gasteiger partial charge in [-0.3, -0.25) is 9.59 Å². The average Bonchev–Trinajstić information content (AvgIpc) is 3.70. The Morgan fingerprint density at radius 1 is 1.05 bits per heavy atom. The van der Waals surface area contributed by atoms with Gasteiger partial charge in [0, 0.05) is 61.7 Å². The Morgan fingerprint density at radius 2 is 1.80 bits per heavy atom. The zero-order valence-electron chi connectivity index (χ0n) is 25.6. The van der Waals surface area contributed by atoms with Crippen molar-refractivity contribution < 1.29 is 27.5 Å². The van der Waals surface area contributed by atoms with E-state index in [1.165, 1.54) is 26.1 Å². The SMILES string of the molecule is COc1ccc2c(c1)[C@H]1C[C@@]1(C(=O)N1CCOCC1)Cn1c-2c(C2CCCCC2)c2ccc(C(=O)NS(=O)(=O)N(C)C)cc21. The number of rotatable bonds is 6. The molecule has 2 saturated carbocycles. The first-order chi connectivity index (χ1) is 21.1. The van der Waals surface area contributed by atoms with E-state index in [0.29, 0.717) is 38.8 Å². The van der Waals surface area contributed by atoms with E-state index in [4.69, 9.17) is 9.47 Å². The van der Waals surface area contributed by atoms with E-state index in [1.807, 2.05) is 23.1 Å². The molecule has 1 saturated heterocycles. The van der Waals surface area contributed by atoms with Crippen molar-refractivity contribution in [2.75, 3.05) is 47.5 Å². The summed E-state index contributed by atoms with van der Waals surface area (Å²) in [7, 11) is 0.471. The molecule has 3 aromatic rings. The largest absolute Gasteiger partial charge is 0.497 e. The monoisotopic (exact) mass is 620 g/mol. The van der Waals surface area contributed by atoms with E-state index in [9.17, 15) is 18.0 Å². The van der Waals surface area contributed by atoms with Gasteiger partial charge in [-0.15, -0.1) is 0 Å². The van der Waals surface area contributed by atoms with Crippen molar-refractivity contribution in [1.82, 2.24) is 18.5 Å². The molecule has 0 spiro atoms. The molecule has 3 heterocycles. The van der Waals surface area contributed by atoms with E-state index in [0.717, 1.165) is 69.9 Å². The number of nitrogens with zero attached hydrogens (tertiary/aromatic N) is 3. The number of morpholine rings is 1. The highest BCUT2D eigenvalue weighted by molar-refractivity contribution is 7.87. The normalized spacial score (nSPS) is 23.5. The third-order valence-electron chi connectivity index (χ3n) is 10.2. The van der Waals surface area contributed by atoms with Gasteiger partial charge in [0.2, 0.25) is 5.91 Å². The zero-order chi connectivity index (χ0) is 30.8. The summed E-state index contributed by atoms with van der Waals surface area (Å²) < 4.78 is 41.7. The second kappa shape index (κ2) is 10.9. The first-order valence-electron chi connectivity index (χ1n) is 15.6. The molecular weight excluding hydrogens is 580 g/mol. The zero-order valence-corrected chi connectivity index (χ0v) is 26.4. The lowest BCUT2D eigenvalue weighted by Crippen LogP contribution is -2.45. The lowest BCUT2D eigenvalue weighted by molar-refractivity contribution is -0.141. The van der Waals surface area contributed by atoms with Crippen LogP contribution in [0.1, 0.15) is 71.8 Å². The Hall–Kier alpha value is -3.41. The number of ether oxygens (including phenoxy) is 2. The van der Waals surface area contributed by atoms with Crippen LogP contribution in [0.5, 0.6) is 5.75 Å². The molecule has 10 nitrogen and oxygen atoms in total. The van der Waals surface area contributed by atoms with Crippen LogP contribution >= 0.6 is 0 Å². The van der Waals surface area contributed by atoms with E-state index < -0.39 is 21.5 Å². The number of aromatic nitrogens is 1. The van der Waals surface area contributed by atoms with E-state index >= 15 is 0 Å². The molecule has 0 radical (unpaired) electrons. The molecule has 234 valence electrons. The Kier molecular flexibility index (Phi) is 7.25. The maximum atomic E-state index is 14.4. The highest BCUT2D eigenvalue weighted by Crippen LogP contribution is 2.66. The second-order valence-corrected chi connectivity index (χ2v) is 14.8. The Bertz CT molecular complexity index is 1750. The standard InChI is InChI=1S/C33H40N4O6S/c1-35(2)44(40,41)34-31(38)22-9-11-25-28(17-22)37-20-33(32(39)36-13-15-43-16-14-36)19-27(33)26-18-23(42-3)10-12-24(26)30(37)29(25)21-7-5-4-6-8-21/h9-12,17-18,21,27H,4-8,13-16,19-20H2,1-3H3,(H,34,38)/t27-,33-/m1/s1. The topological polar surface area (TPSA) is 110 Å². The predicted octanol–water partition coefficient (Wildman–Crippen LogP) is 4.25. The Morgan fingerprint density at radius 3 is 2.50 bits per heavy atom. The average molecular weight is 621 g/mol. The van der Waals surface area contributed by atoms with Crippen LogP contribution in [0, 0.1) is 5.41 Å². The molecule has 1 aromatic heterocycles. The number of benzene rings is 2. The predicted molar refractivity (Wildman–Crippen MR) is 167 cm³/mol. The summed E-state index contributed by atoms with van der Waals surface area (Å²) >= 11 is 0. The summed E-state index contributed by atoms with van der Waals surface area (Å²) in [4.78, 5) is 29.6. The van der Waals surface area contributed by atoms with Crippen molar-refractivity contribution >= 4 is 32.9 Å². The van der Waals surface area contributed by atoms with Crippen LogP contribution in [0.25, 0.3) is 22.2 Å². The molecule has 2 aromatic carbocycles. The maximum Gasteiger partial charge on any atom is 0.303 e. The number of hydrogen-bond acceptors (Lipinski definition) is 6. The van der Waals surface area contributed by atoms with Crippen molar-refractivity contribution in [3.8, 4) is 17.0 Å². The first kappa shape index (κ1) is 29.3. The molecule has 1 N–H and O–H groups in total. The van der Waals surface area contributed by atoms with Gasteiger partial charge in [-0.1, -0.05) is 25.3 Å². The van der Waals surface area contributed by atoms with Gasteiger partial charge >= 0.3 is 10.2 Å². The third-order valence-corrected chi connectivity index (χ3v) is 11.6. The summed E-state index contributed by atoms with van der Waals surface area (Å²) in [6.07, 6.45) is 6.46. The molecule has 2 amide bonds. The highest BCUT2D eigenvalue weighted by atomic mass is 32.2. The molecule has 2 aliphatic heterocycles. The molecule has 7 rings (SSSR count). The van der Waals surface area contributed by atoms with E-state index in [2.05, 4.69) is 21.4 Å². The number of carbonyl (C=O) groups excluding carboxylic acids is 2. The van der Waals surface area contributed by atoms with Crippen LogP contribution in [-0.4, -0.2) is 81.5 Å². The Balaban J connectivity index is 1.44. The lowest BCUT2D eigenvalue weighted by atomic mass is 9.81. The second-order valence-electron chi connectivity index (χ2n) is 12.9. The summed E-state index contributed by atoms with van der Waals surface area (Å²) in [5.41, 5.74) is 5.14. The van der Waals surface area contributed by atoms with Gasteiger partial charge in [0.15, 0.2) is 0 Å². The van der Waals surface area contributed by atoms with Crippen LogP contribution in [-0.2, 0) is 26.3 Å². The lowest BCUT2D eigenvalue weighted by Gasteiger charge is -2.31. The van der Waals surface area contributed by atoms with Gasteiger partial charge in [-0.05, 0) is 66.6 Å². The molecule has 0 unspecified atom stereocenters. The van der Waals surface area contributed by atoms with Gasteiger partial charge in [-0.25, -0.2) is 4.72 Å². The van der Waals surface area contributed by atoms with Crippen molar-refractivity contribution in [2.24, 2.45) is 5.41 Å². The molecule has 0 bridgehead atoms. The molecular formula is C33H40N4O6S. The van der Waals surface area contributed by atoms with Crippen molar-refractivity contribution in [2.45, 2.75) is 56.9 Å². The van der Waals surface area contributed by atoms with Crippen molar-refractivity contribution in [3.05, 3.63) is 53.1 Å².